The van der Waals surface area contributed by atoms with Crippen molar-refractivity contribution in [2.24, 2.45) is 11.8 Å². The molecule has 1 N–H and O–H groups in total. The smallest absolute Gasteiger partial charge is 0.0353 e. The van der Waals surface area contributed by atoms with Gasteiger partial charge in [-0.15, -0.1) is 0 Å². The Kier molecular flexibility index (Phi) is 4.45. The van der Waals surface area contributed by atoms with Crippen LogP contribution in [0.3, 0.4) is 0 Å². The van der Waals surface area contributed by atoms with Crippen molar-refractivity contribution < 1.29 is 0 Å². The number of benzene rings is 1. The molecule has 18 heavy (non-hydrogen) atoms. The first-order valence-electron chi connectivity index (χ1n) is 7.44. The SMILES string of the molecule is CCNC(c1cc(C)ccc1C)C1CCCC1C. The van der Waals surface area contributed by atoms with Crippen LogP contribution in [0.1, 0.15) is 55.8 Å². The maximum Gasteiger partial charge on any atom is 0.0353 e. The molecule has 3 unspecified atom stereocenters. The number of rotatable bonds is 4. The molecule has 0 aliphatic heterocycles. The second-order valence-electron chi connectivity index (χ2n) is 5.97. The zero-order valence-corrected chi connectivity index (χ0v) is 12.3. The summed E-state index contributed by atoms with van der Waals surface area (Å²) in [6.07, 6.45) is 4.18. The highest BCUT2D eigenvalue weighted by Gasteiger charge is 2.31. The molecule has 0 radical (unpaired) electrons. The second-order valence-corrected chi connectivity index (χ2v) is 5.97. The predicted molar refractivity (Wildman–Crippen MR) is 78.8 cm³/mol. The molecule has 0 saturated heterocycles. The van der Waals surface area contributed by atoms with Crippen LogP contribution in [0, 0.1) is 25.7 Å². The van der Waals surface area contributed by atoms with Crippen molar-refractivity contribution in [1.29, 1.82) is 0 Å². The monoisotopic (exact) mass is 245 g/mol. The fourth-order valence-corrected chi connectivity index (χ4v) is 3.48. The Hall–Kier alpha value is -0.820. The van der Waals surface area contributed by atoms with Crippen LogP contribution in [-0.4, -0.2) is 6.54 Å². The average Bonchev–Trinajstić information content (AvgIpc) is 2.76. The third-order valence-corrected chi connectivity index (χ3v) is 4.55. The third-order valence-electron chi connectivity index (χ3n) is 4.55. The van der Waals surface area contributed by atoms with Crippen LogP contribution in [0.15, 0.2) is 18.2 Å². The van der Waals surface area contributed by atoms with Crippen molar-refractivity contribution in [3.05, 3.63) is 34.9 Å². The van der Waals surface area contributed by atoms with Gasteiger partial charge in [-0.2, -0.15) is 0 Å². The summed E-state index contributed by atoms with van der Waals surface area (Å²) < 4.78 is 0. The molecule has 1 aromatic rings. The molecule has 1 nitrogen and oxygen atoms in total. The van der Waals surface area contributed by atoms with E-state index in [1.54, 1.807) is 0 Å². The molecule has 1 saturated carbocycles. The number of nitrogens with one attached hydrogen (secondary N) is 1. The van der Waals surface area contributed by atoms with Gasteiger partial charge in [-0.05, 0) is 49.8 Å². The minimum Gasteiger partial charge on any atom is -0.310 e. The zero-order chi connectivity index (χ0) is 13.1. The van der Waals surface area contributed by atoms with Crippen molar-refractivity contribution in [3.8, 4) is 0 Å². The quantitative estimate of drug-likeness (QED) is 0.829. The lowest BCUT2D eigenvalue weighted by atomic mass is 9.83. The summed E-state index contributed by atoms with van der Waals surface area (Å²) in [5.74, 6) is 1.67. The normalized spacial score (nSPS) is 25.3. The van der Waals surface area contributed by atoms with Crippen LogP contribution in [0.25, 0.3) is 0 Å². The average molecular weight is 245 g/mol. The molecule has 1 aliphatic rings. The molecule has 2 rings (SSSR count). The fourth-order valence-electron chi connectivity index (χ4n) is 3.48. The highest BCUT2D eigenvalue weighted by molar-refractivity contribution is 5.33. The molecule has 1 aliphatic carbocycles. The van der Waals surface area contributed by atoms with E-state index in [9.17, 15) is 0 Å². The van der Waals surface area contributed by atoms with Crippen molar-refractivity contribution in [3.63, 3.8) is 0 Å². The summed E-state index contributed by atoms with van der Waals surface area (Å²) >= 11 is 0. The van der Waals surface area contributed by atoms with E-state index in [0.717, 1.165) is 18.4 Å². The van der Waals surface area contributed by atoms with Crippen molar-refractivity contribution in [2.45, 2.75) is 53.0 Å². The van der Waals surface area contributed by atoms with E-state index >= 15 is 0 Å². The summed E-state index contributed by atoms with van der Waals surface area (Å²) in [7, 11) is 0. The van der Waals surface area contributed by atoms with Gasteiger partial charge in [-0.1, -0.05) is 50.5 Å². The number of aryl methyl sites for hydroxylation is 2. The van der Waals surface area contributed by atoms with Gasteiger partial charge in [0.2, 0.25) is 0 Å². The van der Waals surface area contributed by atoms with E-state index in [0.29, 0.717) is 6.04 Å². The molecule has 0 spiro atoms. The molecule has 0 aromatic heterocycles. The number of hydrogen-bond donors (Lipinski definition) is 1. The van der Waals surface area contributed by atoms with Crippen LogP contribution >= 0.6 is 0 Å². The fraction of sp³-hybridized carbons (Fsp3) is 0.647. The van der Waals surface area contributed by atoms with Crippen molar-refractivity contribution in [2.75, 3.05) is 6.54 Å². The lowest BCUT2D eigenvalue weighted by Gasteiger charge is -2.29. The highest BCUT2D eigenvalue weighted by Crippen LogP contribution is 2.40. The maximum absolute atomic E-state index is 3.74. The van der Waals surface area contributed by atoms with Gasteiger partial charge in [0.15, 0.2) is 0 Å². The Balaban J connectivity index is 2.31. The first kappa shape index (κ1) is 13.6. The molecule has 0 amide bonds. The van der Waals surface area contributed by atoms with Gasteiger partial charge in [-0.25, -0.2) is 0 Å². The van der Waals surface area contributed by atoms with E-state index < -0.39 is 0 Å². The zero-order valence-electron chi connectivity index (χ0n) is 12.3. The van der Waals surface area contributed by atoms with Crippen LogP contribution < -0.4 is 5.32 Å². The molecule has 0 bridgehead atoms. The minimum atomic E-state index is 0.549. The summed E-state index contributed by atoms with van der Waals surface area (Å²) in [5, 5.41) is 3.74. The van der Waals surface area contributed by atoms with Gasteiger partial charge in [0.05, 0.1) is 0 Å². The molecule has 1 aromatic carbocycles. The Bertz CT molecular complexity index is 397. The number of hydrogen-bond acceptors (Lipinski definition) is 1. The van der Waals surface area contributed by atoms with Gasteiger partial charge in [0.1, 0.15) is 0 Å². The molecular weight excluding hydrogens is 218 g/mol. The molecule has 3 atom stereocenters. The van der Waals surface area contributed by atoms with E-state index in [4.69, 9.17) is 0 Å². The van der Waals surface area contributed by atoms with Crippen molar-refractivity contribution >= 4 is 0 Å². The van der Waals surface area contributed by atoms with E-state index in [1.165, 1.54) is 36.0 Å². The lowest BCUT2D eigenvalue weighted by Crippen LogP contribution is -2.30. The lowest BCUT2D eigenvalue weighted by molar-refractivity contribution is 0.305. The largest absolute Gasteiger partial charge is 0.310 e. The van der Waals surface area contributed by atoms with Gasteiger partial charge >= 0.3 is 0 Å². The first-order chi connectivity index (χ1) is 8.63. The Labute approximate surface area is 112 Å². The Morgan fingerprint density at radius 3 is 2.67 bits per heavy atom. The standard InChI is InChI=1S/C17H27N/c1-5-18-17(15-8-6-7-13(15)3)16-11-12(2)9-10-14(16)4/h9-11,13,15,17-18H,5-8H2,1-4H3. The maximum atomic E-state index is 3.74. The Morgan fingerprint density at radius 1 is 1.28 bits per heavy atom. The van der Waals surface area contributed by atoms with E-state index in [-0.39, 0.29) is 0 Å². The molecular formula is C17H27N. The second kappa shape index (κ2) is 5.88. The molecule has 1 fully saturated rings. The van der Waals surface area contributed by atoms with Crippen LogP contribution in [0.2, 0.25) is 0 Å². The minimum absolute atomic E-state index is 0.549. The van der Waals surface area contributed by atoms with Crippen molar-refractivity contribution in [1.82, 2.24) is 5.32 Å². The van der Waals surface area contributed by atoms with E-state index in [1.807, 2.05) is 0 Å². The summed E-state index contributed by atoms with van der Waals surface area (Å²) in [6, 6.07) is 7.43. The van der Waals surface area contributed by atoms with E-state index in [2.05, 4.69) is 51.2 Å². The molecule has 1 heteroatoms. The highest BCUT2D eigenvalue weighted by atomic mass is 14.9. The van der Waals surface area contributed by atoms with Gasteiger partial charge < -0.3 is 5.32 Å². The molecule has 0 heterocycles. The van der Waals surface area contributed by atoms with Crippen LogP contribution in [0.5, 0.6) is 0 Å². The van der Waals surface area contributed by atoms with Gasteiger partial charge in [0, 0.05) is 6.04 Å². The predicted octanol–water partition coefficient (Wildman–Crippen LogP) is 4.39. The summed E-state index contributed by atoms with van der Waals surface area (Å²) in [6.45, 7) is 10.1. The van der Waals surface area contributed by atoms with Gasteiger partial charge in [0.25, 0.3) is 0 Å². The van der Waals surface area contributed by atoms with Gasteiger partial charge in [-0.3, -0.25) is 0 Å². The third kappa shape index (κ3) is 2.77. The summed E-state index contributed by atoms with van der Waals surface area (Å²) in [4.78, 5) is 0. The Morgan fingerprint density at radius 2 is 2.06 bits per heavy atom. The topological polar surface area (TPSA) is 12.0 Å². The van der Waals surface area contributed by atoms with Crippen LogP contribution in [-0.2, 0) is 0 Å². The first-order valence-corrected chi connectivity index (χ1v) is 7.44. The van der Waals surface area contributed by atoms with Crippen LogP contribution in [0.4, 0.5) is 0 Å². The summed E-state index contributed by atoms with van der Waals surface area (Å²) in [5.41, 5.74) is 4.34. The molecule has 100 valence electrons.